The largest absolute Gasteiger partial charge is 0.381 e. The zero-order valence-electron chi connectivity index (χ0n) is 11.7. The summed E-state index contributed by atoms with van der Waals surface area (Å²) in [6, 6.07) is 0. The zero-order chi connectivity index (χ0) is 13.3. The summed E-state index contributed by atoms with van der Waals surface area (Å²) in [6.45, 7) is 8.22. The van der Waals surface area contributed by atoms with Gasteiger partial charge in [-0.1, -0.05) is 31.1 Å². The van der Waals surface area contributed by atoms with E-state index < -0.39 is 5.60 Å². The van der Waals surface area contributed by atoms with Crippen LogP contribution in [0.1, 0.15) is 47.0 Å². The Labute approximate surface area is 109 Å². The van der Waals surface area contributed by atoms with E-state index in [0.29, 0.717) is 5.92 Å². The highest BCUT2D eigenvalue weighted by Gasteiger charge is 2.68. The van der Waals surface area contributed by atoms with Gasteiger partial charge in [0.25, 0.3) is 0 Å². The van der Waals surface area contributed by atoms with Crippen molar-refractivity contribution in [2.75, 3.05) is 0 Å². The standard InChI is InChI=1S/C16H22O2/c1-5-11-9(2)8-12-13(11)10(3)16(6-7-16)15(4,18)14(12)17/h8,10,13,18H,5-7H2,1-4H3. The van der Waals surface area contributed by atoms with Crippen molar-refractivity contribution >= 4 is 5.78 Å². The van der Waals surface area contributed by atoms with Crippen LogP contribution < -0.4 is 0 Å². The Hall–Kier alpha value is -0.890. The third-order valence-electron chi connectivity index (χ3n) is 5.80. The summed E-state index contributed by atoms with van der Waals surface area (Å²) in [6.07, 6.45) is 5.01. The molecule has 0 amide bonds. The Bertz CT molecular complexity index is 489. The number of hydrogen-bond acceptors (Lipinski definition) is 2. The molecule has 0 bridgehead atoms. The van der Waals surface area contributed by atoms with Crippen LogP contribution in [0.25, 0.3) is 0 Å². The van der Waals surface area contributed by atoms with Crippen LogP contribution in [-0.2, 0) is 4.79 Å². The molecule has 0 heterocycles. The van der Waals surface area contributed by atoms with Gasteiger partial charge < -0.3 is 5.11 Å². The predicted molar refractivity (Wildman–Crippen MR) is 71.0 cm³/mol. The van der Waals surface area contributed by atoms with E-state index in [-0.39, 0.29) is 17.1 Å². The second-order valence-electron chi connectivity index (χ2n) is 6.49. The molecule has 3 aliphatic rings. The zero-order valence-corrected chi connectivity index (χ0v) is 11.7. The third-order valence-corrected chi connectivity index (χ3v) is 5.80. The summed E-state index contributed by atoms with van der Waals surface area (Å²) in [5.41, 5.74) is 2.20. The van der Waals surface area contributed by atoms with Gasteiger partial charge in [0.05, 0.1) is 0 Å². The molecule has 0 aromatic carbocycles. The molecule has 2 nitrogen and oxygen atoms in total. The fourth-order valence-corrected chi connectivity index (χ4v) is 4.47. The number of fused-ring (bicyclic) bond motifs is 1. The quantitative estimate of drug-likeness (QED) is 0.772. The number of allylic oxidation sites excluding steroid dienone is 3. The third kappa shape index (κ3) is 1.15. The SMILES string of the molecule is CCC1=C(C)C=C2C(=O)C(C)(O)C3(CC3)C(C)C21. The van der Waals surface area contributed by atoms with Crippen LogP contribution in [0.15, 0.2) is 22.8 Å². The molecule has 1 spiro atoms. The molecule has 0 aromatic rings. The number of carbonyl (C=O) groups is 1. The number of rotatable bonds is 1. The van der Waals surface area contributed by atoms with Crippen LogP contribution in [0, 0.1) is 17.3 Å². The molecule has 18 heavy (non-hydrogen) atoms. The maximum Gasteiger partial charge on any atom is 0.191 e. The predicted octanol–water partition coefficient (Wildman–Crippen LogP) is 3.02. The molecule has 98 valence electrons. The smallest absolute Gasteiger partial charge is 0.191 e. The highest BCUT2D eigenvalue weighted by molar-refractivity contribution is 6.05. The summed E-state index contributed by atoms with van der Waals surface area (Å²) < 4.78 is 0. The van der Waals surface area contributed by atoms with E-state index in [1.54, 1.807) is 6.92 Å². The lowest BCUT2D eigenvalue weighted by Gasteiger charge is -2.46. The van der Waals surface area contributed by atoms with Crippen molar-refractivity contribution in [2.24, 2.45) is 17.3 Å². The summed E-state index contributed by atoms with van der Waals surface area (Å²) in [4.78, 5) is 12.6. The average Bonchev–Trinajstić information content (AvgIpc) is 3.06. The molecule has 2 saturated carbocycles. The molecule has 0 aliphatic heterocycles. The number of Topliss-reactive ketones (excluding diaryl/α,β-unsaturated/α-hetero) is 1. The van der Waals surface area contributed by atoms with E-state index in [4.69, 9.17) is 0 Å². The molecule has 3 rings (SSSR count). The van der Waals surface area contributed by atoms with Gasteiger partial charge in [0.2, 0.25) is 0 Å². The van der Waals surface area contributed by atoms with Crippen LogP contribution in [-0.4, -0.2) is 16.5 Å². The summed E-state index contributed by atoms with van der Waals surface area (Å²) in [5.74, 6) is 0.625. The molecule has 1 N–H and O–H groups in total. The van der Waals surface area contributed by atoms with Crippen LogP contribution in [0.2, 0.25) is 0 Å². The van der Waals surface area contributed by atoms with E-state index in [1.807, 2.05) is 6.08 Å². The van der Waals surface area contributed by atoms with Crippen molar-refractivity contribution in [1.82, 2.24) is 0 Å². The number of ketones is 1. The molecule has 2 heteroatoms. The maximum atomic E-state index is 12.6. The monoisotopic (exact) mass is 246 g/mol. The molecule has 0 radical (unpaired) electrons. The van der Waals surface area contributed by atoms with Crippen LogP contribution in [0.3, 0.4) is 0 Å². The topological polar surface area (TPSA) is 37.3 Å². The van der Waals surface area contributed by atoms with Gasteiger partial charge in [-0.2, -0.15) is 0 Å². The van der Waals surface area contributed by atoms with Crippen molar-refractivity contribution in [3.8, 4) is 0 Å². The highest BCUT2D eigenvalue weighted by atomic mass is 16.3. The Morgan fingerprint density at radius 3 is 2.56 bits per heavy atom. The highest BCUT2D eigenvalue weighted by Crippen LogP contribution is 2.67. The van der Waals surface area contributed by atoms with Gasteiger partial charge in [-0.3, -0.25) is 4.79 Å². The molecule has 2 fully saturated rings. The van der Waals surface area contributed by atoms with Gasteiger partial charge >= 0.3 is 0 Å². The first-order valence-corrected chi connectivity index (χ1v) is 7.05. The van der Waals surface area contributed by atoms with Crippen molar-refractivity contribution in [3.05, 3.63) is 22.8 Å². The minimum atomic E-state index is -1.15. The van der Waals surface area contributed by atoms with E-state index in [0.717, 1.165) is 24.8 Å². The lowest BCUT2D eigenvalue weighted by atomic mass is 9.59. The summed E-state index contributed by atoms with van der Waals surface area (Å²) in [5, 5.41) is 10.7. The minimum absolute atomic E-state index is 0.0223. The van der Waals surface area contributed by atoms with Crippen LogP contribution >= 0.6 is 0 Å². The second-order valence-corrected chi connectivity index (χ2v) is 6.49. The maximum absolute atomic E-state index is 12.6. The Kier molecular flexibility index (Phi) is 2.27. The Balaban J connectivity index is 2.12. The summed E-state index contributed by atoms with van der Waals surface area (Å²) >= 11 is 0. The van der Waals surface area contributed by atoms with Crippen molar-refractivity contribution in [1.29, 1.82) is 0 Å². The molecular formula is C16H22O2. The van der Waals surface area contributed by atoms with E-state index in [2.05, 4.69) is 20.8 Å². The normalized spacial score (nSPS) is 41.2. The average molecular weight is 246 g/mol. The van der Waals surface area contributed by atoms with Crippen molar-refractivity contribution < 1.29 is 9.90 Å². The number of hydrogen-bond donors (Lipinski definition) is 1. The van der Waals surface area contributed by atoms with Gasteiger partial charge in [0.15, 0.2) is 5.78 Å². The molecule has 0 saturated heterocycles. The van der Waals surface area contributed by atoms with Gasteiger partial charge in [0.1, 0.15) is 5.60 Å². The van der Waals surface area contributed by atoms with Gasteiger partial charge in [0, 0.05) is 16.9 Å². The van der Waals surface area contributed by atoms with Crippen molar-refractivity contribution in [3.63, 3.8) is 0 Å². The van der Waals surface area contributed by atoms with Crippen LogP contribution in [0.4, 0.5) is 0 Å². The number of carbonyl (C=O) groups excluding carboxylic acids is 1. The van der Waals surface area contributed by atoms with E-state index in [9.17, 15) is 9.90 Å². The minimum Gasteiger partial charge on any atom is -0.381 e. The lowest BCUT2D eigenvalue weighted by molar-refractivity contribution is -0.148. The van der Waals surface area contributed by atoms with E-state index in [1.165, 1.54) is 11.1 Å². The summed E-state index contributed by atoms with van der Waals surface area (Å²) in [7, 11) is 0. The van der Waals surface area contributed by atoms with Crippen molar-refractivity contribution in [2.45, 2.75) is 52.6 Å². The molecule has 3 aliphatic carbocycles. The van der Waals surface area contributed by atoms with Gasteiger partial charge in [-0.15, -0.1) is 0 Å². The fourth-order valence-electron chi connectivity index (χ4n) is 4.47. The molecule has 3 atom stereocenters. The van der Waals surface area contributed by atoms with Crippen LogP contribution in [0.5, 0.6) is 0 Å². The molecule has 0 aromatic heterocycles. The first-order chi connectivity index (χ1) is 8.37. The first-order valence-electron chi connectivity index (χ1n) is 7.05. The Morgan fingerprint density at radius 2 is 2.06 bits per heavy atom. The second kappa shape index (κ2) is 3.36. The lowest BCUT2D eigenvalue weighted by Crippen LogP contribution is -2.55. The number of aliphatic hydroxyl groups is 1. The van der Waals surface area contributed by atoms with Gasteiger partial charge in [-0.25, -0.2) is 0 Å². The molecule has 3 unspecified atom stereocenters. The van der Waals surface area contributed by atoms with Gasteiger partial charge in [-0.05, 0) is 39.0 Å². The Morgan fingerprint density at radius 1 is 1.44 bits per heavy atom. The first kappa shape index (κ1) is 12.2. The van der Waals surface area contributed by atoms with E-state index >= 15 is 0 Å². The molecular weight excluding hydrogens is 224 g/mol. The fraction of sp³-hybridized carbons (Fsp3) is 0.688.